The van der Waals surface area contributed by atoms with E-state index in [1.54, 1.807) is 22.6 Å². The average Bonchev–Trinajstić information content (AvgIpc) is 2.18. The molecule has 0 unspecified atom stereocenters. The van der Waals surface area contributed by atoms with Crippen molar-refractivity contribution in [3.63, 3.8) is 0 Å². The van der Waals surface area contributed by atoms with Gasteiger partial charge in [-0.1, -0.05) is 0 Å². The predicted octanol–water partition coefficient (Wildman–Crippen LogP) is 3.06. The Labute approximate surface area is 102 Å². The first kappa shape index (κ1) is 13.3. The van der Waals surface area contributed by atoms with Crippen molar-refractivity contribution in [3.05, 3.63) is 15.2 Å². The van der Waals surface area contributed by atoms with Crippen LogP contribution in [0.25, 0.3) is 0 Å². The molecule has 90 valence electrons. The van der Waals surface area contributed by atoms with Crippen LogP contribution in [0.4, 0.5) is 17.6 Å². The van der Waals surface area contributed by atoms with Gasteiger partial charge in [0.25, 0.3) is 0 Å². The minimum atomic E-state index is -4.84. The number of hydrogen-bond donors (Lipinski definition) is 0. The summed E-state index contributed by atoms with van der Waals surface area (Å²) >= 11 is 1.57. The van der Waals surface area contributed by atoms with Gasteiger partial charge in [-0.15, -0.1) is 13.2 Å². The SMILES string of the molecule is COc1nc(OC(F)(F)F)c(I)cc1CF. The Balaban J connectivity index is 3.11. The zero-order valence-electron chi connectivity index (χ0n) is 7.94. The van der Waals surface area contributed by atoms with Crippen LogP contribution in [-0.2, 0) is 6.67 Å². The smallest absolute Gasteiger partial charge is 0.481 e. The minimum absolute atomic E-state index is 0.0587. The number of pyridine rings is 1. The van der Waals surface area contributed by atoms with Crippen LogP contribution >= 0.6 is 22.6 Å². The number of hydrogen-bond acceptors (Lipinski definition) is 3. The highest BCUT2D eigenvalue weighted by Gasteiger charge is 2.33. The number of aromatic nitrogens is 1. The van der Waals surface area contributed by atoms with Crippen molar-refractivity contribution in [3.8, 4) is 11.8 Å². The quantitative estimate of drug-likeness (QED) is 0.620. The number of alkyl halides is 4. The van der Waals surface area contributed by atoms with Gasteiger partial charge in [0.05, 0.1) is 10.7 Å². The van der Waals surface area contributed by atoms with Gasteiger partial charge in [-0.05, 0) is 28.7 Å². The molecular weight excluding hydrogens is 345 g/mol. The molecule has 16 heavy (non-hydrogen) atoms. The Morgan fingerprint density at radius 3 is 2.44 bits per heavy atom. The second-order valence-corrected chi connectivity index (χ2v) is 3.79. The molecule has 0 aliphatic carbocycles. The first-order valence-electron chi connectivity index (χ1n) is 3.92. The monoisotopic (exact) mass is 351 g/mol. The minimum Gasteiger partial charge on any atom is -0.481 e. The molecule has 0 saturated carbocycles. The molecule has 0 N–H and O–H groups in total. The van der Waals surface area contributed by atoms with Crippen molar-refractivity contribution < 1.29 is 27.0 Å². The Morgan fingerprint density at radius 1 is 1.38 bits per heavy atom. The standard InChI is InChI=1S/C8H6F4INO2/c1-15-6-4(3-9)2-5(13)7(14-6)16-8(10,11)12/h2H,3H2,1H3. The van der Waals surface area contributed by atoms with E-state index in [4.69, 9.17) is 0 Å². The van der Waals surface area contributed by atoms with Crippen LogP contribution in [-0.4, -0.2) is 18.5 Å². The highest BCUT2D eigenvalue weighted by atomic mass is 127. The summed E-state index contributed by atoms with van der Waals surface area (Å²) in [6.07, 6.45) is -4.84. The molecule has 0 bridgehead atoms. The Morgan fingerprint density at radius 2 is 2.00 bits per heavy atom. The topological polar surface area (TPSA) is 31.4 Å². The number of ether oxygens (including phenoxy) is 2. The van der Waals surface area contributed by atoms with Crippen LogP contribution in [0.15, 0.2) is 6.07 Å². The van der Waals surface area contributed by atoms with Gasteiger partial charge in [0.2, 0.25) is 11.8 Å². The number of halogens is 5. The molecule has 1 heterocycles. The van der Waals surface area contributed by atoms with Gasteiger partial charge in [0.15, 0.2) is 0 Å². The van der Waals surface area contributed by atoms with E-state index >= 15 is 0 Å². The van der Waals surface area contributed by atoms with Gasteiger partial charge < -0.3 is 9.47 Å². The van der Waals surface area contributed by atoms with Crippen molar-refractivity contribution in [1.29, 1.82) is 0 Å². The summed E-state index contributed by atoms with van der Waals surface area (Å²) < 4.78 is 56.7. The van der Waals surface area contributed by atoms with Crippen LogP contribution in [0.5, 0.6) is 11.8 Å². The molecule has 8 heteroatoms. The highest BCUT2D eigenvalue weighted by molar-refractivity contribution is 14.1. The third kappa shape index (κ3) is 3.35. The highest BCUT2D eigenvalue weighted by Crippen LogP contribution is 2.30. The van der Waals surface area contributed by atoms with Gasteiger partial charge in [0, 0.05) is 5.56 Å². The summed E-state index contributed by atoms with van der Waals surface area (Å²) in [6.45, 7) is -0.877. The van der Waals surface area contributed by atoms with Crippen LogP contribution in [0.2, 0.25) is 0 Å². The molecule has 0 saturated heterocycles. The molecule has 1 rings (SSSR count). The van der Waals surface area contributed by atoms with E-state index in [2.05, 4.69) is 14.5 Å². The molecular formula is C8H6F4INO2. The first-order chi connectivity index (χ1) is 7.37. The van der Waals surface area contributed by atoms with E-state index in [9.17, 15) is 17.6 Å². The summed E-state index contributed by atoms with van der Waals surface area (Å²) in [7, 11) is 1.19. The van der Waals surface area contributed by atoms with Crippen LogP contribution in [0.1, 0.15) is 5.56 Å². The summed E-state index contributed by atoms with van der Waals surface area (Å²) in [4.78, 5) is 3.43. The maximum Gasteiger partial charge on any atom is 0.574 e. The molecule has 0 radical (unpaired) electrons. The molecule has 0 amide bonds. The Kier molecular flexibility index (Phi) is 4.16. The number of nitrogens with zero attached hydrogens (tertiary/aromatic N) is 1. The van der Waals surface area contributed by atoms with Crippen LogP contribution in [0, 0.1) is 3.57 Å². The van der Waals surface area contributed by atoms with Gasteiger partial charge >= 0.3 is 6.36 Å². The molecule has 1 aromatic heterocycles. The molecule has 3 nitrogen and oxygen atoms in total. The second-order valence-electron chi connectivity index (χ2n) is 2.63. The maximum atomic E-state index is 12.4. The van der Waals surface area contributed by atoms with E-state index in [1.165, 1.54) is 13.2 Å². The van der Waals surface area contributed by atoms with Crippen molar-refractivity contribution in [1.82, 2.24) is 4.98 Å². The number of methoxy groups -OCH3 is 1. The maximum absolute atomic E-state index is 12.4. The largest absolute Gasteiger partial charge is 0.574 e. The molecule has 0 aliphatic heterocycles. The fourth-order valence-electron chi connectivity index (χ4n) is 0.948. The summed E-state index contributed by atoms with van der Waals surface area (Å²) in [5.41, 5.74) is 0.0708. The summed E-state index contributed by atoms with van der Waals surface area (Å²) in [5, 5.41) is 0. The van der Waals surface area contributed by atoms with Gasteiger partial charge in [-0.3, -0.25) is 0 Å². The third-order valence-electron chi connectivity index (χ3n) is 1.53. The fraction of sp³-hybridized carbons (Fsp3) is 0.375. The van der Waals surface area contributed by atoms with Gasteiger partial charge in [0.1, 0.15) is 6.67 Å². The van der Waals surface area contributed by atoms with Crippen molar-refractivity contribution in [2.75, 3.05) is 7.11 Å². The van der Waals surface area contributed by atoms with E-state index in [1.807, 2.05) is 0 Å². The van der Waals surface area contributed by atoms with Crippen LogP contribution < -0.4 is 9.47 Å². The van der Waals surface area contributed by atoms with Crippen molar-refractivity contribution >= 4 is 22.6 Å². The first-order valence-corrected chi connectivity index (χ1v) is 5.00. The zero-order chi connectivity index (χ0) is 12.3. The third-order valence-corrected chi connectivity index (χ3v) is 2.31. The Bertz CT molecular complexity index is 383. The zero-order valence-corrected chi connectivity index (χ0v) is 10.1. The van der Waals surface area contributed by atoms with Gasteiger partial charge in [-0.2, -0.15) is 4.98 Å². The normalized spacial score (nSPS) is 11.4. The van der Waals surface area contributed by atoms with Crippen molar-refractivity contribution in [2.45, 2.75) is 13.0 Å². The Hall–Kier alpha value is -0.800. The molecule has 1 aromatic rings. The number of rotatable bonds is 3. The second kappa shape index (κ2) is 5.02. The van der Waals surface area contributed by atoms with E-state index < -0.39 is 18.9 Å². The van der Waals surface area contributed by atoms with E-state index in [0.717, 1.165) is 0 Å². The average molecular weight is 351 g/mol. The predicted molar refractivity (Wildman–Crippen MR) is 55.0 cm³/mol. The van der Waals surface area contributed by atoms with E-state index in [0.29, 0.717) is 0 Å². The van der Waals surface area contributed by atoms with Gasteiger partial charge in [-0.25, -0.2) is 4.39 Å². The lowest BCUT2D eigenvalue weighted by atomic mass is 10.3. The molecule has 0 aromatic carbocycles. The lowest BCUT2D eigenvalue weighted by Crippen LogP contribution is -2.19. The molecule has 0 spiro atoms. The summed E-state index contributed by atoms with van der Waals surface area (Å²) in [5.74, 6) is -0.871. The lowest BCUT2D eigenvalue weighted by molar-refractivity contribution is -0.276. The van der Waals surface area contributed by atoms with Crippen LogP contribution in [0.3, 0.4) is 0 Å². The molecule has 0 atom stereocenters. The summed E-state index contributed by atoms with van der Waals surface area (Å²) in [6, 6.07) is 1.19. The molecule has 0 fully saturated rings. The molecule has 0 aliphatic rings. The van der Waals surface area contributed by atoms with E-state index in [-0.39, 0.29) is 15.0 Å². The fourth-order valence-corrected chi connectivity index (χ4v) is 1.55. The lowest BCUT2D eigenvalue weighted by Gasteiger charge is -2.12. The van der Waals surface area contributed by atoms with Crippen molar-refractivity contribution in [2.24, 2.45) is 0 Å².